The van der Waals surface area contributed by atoms with Crippen molar-refractivity contribution < 1.29 is 4.79 Å². The average Bonchev–Trinajstić information content (AvgIpc) is 2.53. The molecule has 1 aliphatic rings. The number of piperidine rings is 1. The van der Waals surface area contributed by atoms with Crippen LogP contribution in [-0.4, -0.2) is 35.4 Å². The van der Waals surface area contributed by atoms with Crippen LogP contribution in [0.5, 0.6) is 0 Å². The number of fused-ring (bicyclic) bond motifs is 1. The van der Waals surface area contributed by atoms with E-state index in [0.29, 0.717) is 6.54 Å². The van der Waals surface area contributed by atoms with E-state index in [9.17, 15) is 4.79 Å². The number of nitrogens with one attached hydrogen (secondary N) is 1. The van der Waals surface area contributed by atoms with Gasteiger partial charge in [-0.3, -0.25) is 9.78 Å². The first-order valence-corrected chi connectivity index (χ1v) is 7.59. The number of likely N-dealkylation sites (tertiary alicyclic amines) is 1. The minimum Gasteiger partial charge on any atom is -0.374 e. The number of nitrogens with zero attached hydrogens (tertiary/aromatic N) is 2. The van der Waals surface area contributed by atoms with E-state index in [0.717, 1.165) is 48.4 Å². The van der Waals surface area contributed by atoms with Gasteiger partial charge in [0, 0.05) is 24.7 Å². The molecule has 0 bridgehead atoms. The molecule has 0 atom stereocenters. The third-order valence-electron chi connectivity index (χ3n) is 4.20. The van der Waals surface area contributed by atoms with E-state index in [1.807, 2.05) is 35.2 Å². The quantitative estimate of drug-likeness (QED) is 0.942. The monoisotopic (exact) mass is 283 g/mol. The van der Waals surface area contributed by atoms with Crippen molar-refractivity contribution in [2.45, 2.75) is 19.8 Å². The van der Waals surface area contributed by atoms with Crippen LogP contribution in [0.2, 0.25) is 0 Å². The van der Waals surface area contributed by atoms with Gasteiger partial charge in [0.1, 0.15) is 0 Å². The van der Waals surface area contributed by atoms with Crippen molar-refractivity contribution in [1.82, 2.24) is 9.88 Å². The third kappa shape index (κ3) is 3.15. The summed E-state index contributed by atoms with van der Waals surface area (Å²) in [5.74, 6) is 0.916. The zero-order valence-corrected chi connectivity index (χ0v) is 12.4. The highest BCUT2D eigenvalue weighted by atomic mass is 16.2. The van der Waals surface area contributed by atoms with Gasteiger partial charge in [0.15, 0.2) is 0 Å². The molecule has 1 amide bonds. The molecule has 1 aliphatic heterocycles. The standard InChI is InChI=1S/C17H21N3O/c1-13-7-10-20(11-8-13)16(21)12-19-15-6-2-4-14-5-3-9-18-17(14)15/h2-6,9,13,19H,7-8,10-12H2,1H3. The number of benzene rings is 1. The molecular formula is C17H21N3O. The van der Waals surface area contributed by atoms with Gasteiger partial charge >= 0.3 is 0 Å². The number of para-hydroxylation sites is 1. The molecule has 1 fully saturated rings. The SMILES string of the molecule is CC1CCN(C(=O)CNc2cccc3cccnc23)CC1. The van der Waals surface area contributed by atoms with Crippen LogP contribution >= 0.6 is 0 Å². The number of pyridine rings is 1. The smallest absolute Gasteiger partial charge is 0.241 e. The fourth-order valence-electron chi connectivity index (χ4n) is 2.79. The predicted molar refractivity (Wildman–Crippen MR) is 85.2 cm³/mol. The Labute approximate surface area is 125 Å². The summed E-state index contributed by atoms with van der Waals surface area (Å²) < 4.78 is 0. The molecule has 110 valence electrons. The second-order valence-electron chi connectivity index (χ2n) is 5.80. The Morgan fingerprint density at radius 3 is 2.86 bits per heavy atom. The zero-order chi connectivity index (χ0) is 14.7. The summed E-state index contributed by atoms with van der Waals surface area (Å²) in [5.41, 5.74) is 1.84. The number of hydrogen-bond acceptors (Lipinski definition) is 3. The lowest BCUT2D eigenvalue weighted by Gasteiger charge is -2.30. The highest BCUT2D eigenvalue weighted by Gasteiger charge is 2.19. The highest BCUT2D eigenvalue weighted by Crippen LogP contribution is 2.21. The molecule has 0 unspecified atom stereocenters. The van der Waals surface area contributed by atoms with Gasteiger partial charge in [0.25, 0.3) is 0 Å². The van der Waals surface area contributed by atoms with E-state index in [1.54, 1.807) is 6.20 Å². The minimum atomic E-state index is 0.176. The van der Waals surface area contributed by atoms with Crippen LogP contribution in [0.25, 0.3) is 10.9 Å². The predicted octanol–water partition coefficient (Wildman–Crippen LogP) is 2.91. The Bertz CT molecular complexity index is 627. The molecule has 0 radical (unpaired) electrons. The van der Waals surface area contributed by atoms with Crippen molar-refractivity contribution >= 4 is 22.5 Å². The van der Waals surface area contributed by atoms with Crippen molar-refractivity contribution in [2.24, 2.45) is 5.92 Å². The maximum Gasteiger partial charge on any atom is 0.241 e. The van der Waals surface area contributed by atoms with Gasteiger partial charge in [-0.05, 0) is 30.9 Å². The summed E-state index contributed by atoms with van der Waals surface area (Å²) in [6, 6.07) is 9.94. The van der Waals surface area contributed by atoms with Gasteiger partial charge in [-0.25, -0.2) is 0 Å². The van der Waals surface area contributed by atoms with Crippen LogP contribution in [0.1, 0.15) is 19.8 Å². The Morgan fingerprint density at radius 2 is 2.05 bits per heavy atom. The summed E-state index contributed by atoms with van der Waals surface area (Å²) in [6.45, 7) is 4.36. The van der Waals surface area contributed by atoms with E-state index in [-0.39, 0.29) is 5.91 Å². The summed E-state index contributed by atoms with van der Waals surface area (Å²) in [5, 5.41) is 4.33. The van der Waals surface area contributed by atoms with Crippen molar-refractivity contribution in [3.63, 3.8) is 0 Å². The van der Waals surface area contributed by atoms with Gasteiger partial charge in [-0.15, -0.1) is 0 Å². The number of hydrogen-bond donors (Lipinski definition) is 1. The van der Waals surface area contributed by atoms with Gasteiger partial charge in [-0.1, -0.05) is 25.1 Å². The average molecular weight is 283 g/mol. The van der Waals surface area contributed by atoms with Crippen molar-refractivity contribution in [3.05, 3.63) is 36.5 Å². The molecule has 2 heterocycles. The van der Waals surface area contributed by atoms with E-state index in [2.05, 4.69) is 17.2 Å². The highest BCUT2D eigenvalue weighted by molar-refractivity contribution is 5.92. The first-order chi connectivity index (χ1) is 10.2. The molecule has 0 saturated carbocycles. The Hall–Kier alpha value is -2.10. The molecule has 1 saturated heterocycles. The summed E-state index contributed by atoms with van der Waals surface area (Å²) in [6.07, 6.45) is 4.00. The topological polar surface area (TPSA) is 45.2 Å². The van der Waals surface area contributed by atoms with Crippen molar-refractivity contribution in [2.75, 3.05) is 25.0 Å². The fraction of sp³-hybridized carbons (Fsp3) is 0.412. The number of rotatable bonds is 3. The number of amides is 1. The number of carbonyl (C=O) groups excluding carboxylic acids is 1. The first kappa shape index (κ1) is 13.9. The Morgan fingerprint density at radius 1 is 1.29 bits per heavy atom. The molecule has 3 rings (SSSR count). The maximum atomic E-state index is 12.3. The Kier molecular flexibility index (Phi) is 4.04. The summed E-state index contributed by atoms with van der Waals surface area (Å²) in [7, 11) is 0. The molecule has 21 heavy (non-hydrogen) atoms. The molecule has 1 N–H and O–H groups in total. The second-order valence-corrected chi connectivity index (χ2v) is 5.80. The van der Waals surface area contributed by atoms with E-state index < -0.39 is 0 Å². The molecule has 1 aromatic carbocycles. The number of aromatic nitrogens is 1. The van der Waals surface area contributed by atoms with Gasteiger partial charge in [0.2, 0.25) is 5.91 Å². The summed E-state index contributed by atoms with van der Waals surface area (Å²) in [4.78, 5) is 18.6. The number of anilines is 1. The molecule has 0 aliphatic carbocycles. The van der Waals surface area contributed by atoms with Gasteiger partial charge < -0.3 is 10.2 Å². The van der Waals surface area contributed by atoms with Crippen LogP contribution in [0.4, 0.5) is 5.69 Å². The van der Waals surface area contributed by atoms with E-state index in [4.69, 9.17) is 0 Å². The second kappa shape index (κ2) is 6.12. The Balaban J connectivity index is 1.65. The van der Waals surface area contributed by atoms with Crippen LogP contribution in [0, 0.1) is 5.92 Å². The van der Waals surface area contributed by atoms with Crippen molar-refractivity contribution in [1.29, 1.82) is 0 Å². The lowest BCUT2D eigenvalue weighted by atomic mass is 9.99. The van der Waals surface area contributed by atoms with Crippen LogP contribution in [0.3, 0.4) is 0 Å². The zero-order valence-electron chi connectivity index (χ0n) is 12.4. The largest absolute Gasteiger partial charge is 0.374 e. The van der Waals surface area contributed by atoms with E-state index >= 15 is 0 Å². The lowest BCUT2D eigenvalue weighted by Crippen LogP contribution is -2.40. The van der Waals surface area contributed by atoms with Crippen LogP contribution in [0.15, 0.2) is 36.5 Å². The normalized spacial score (nSPS) is 16.1. The van der Waals surface area contributed by atoms with Gasteiger partial charge in [-0.2, -0.15) is 0 Å². The fourth-order valence-corrected chi connectivity index (χ4v) is 2.79. The molecule has 4 nitrogen and oxygen atoms in total. The summed E-state index contributed by atoms with van der Waals surface area (Å²) >= 11 is 0. The van der Waals surface area contributed by atoms with E-state index in [1.165, 1.54) is 0 Å². The molecule has 0 spiro atoms. The van der Waals surface area contributed by atoms with Crippen molar-refractivity contribution in [3.8, 4) is 0 Å². The number of carbonyl (C=O) groups is 1. The molecule has 2 aromatic rings. The molecule has 4 heteroatoms. The van der Waals surface area contributed by atoms with Gasteiger partial charge in [0.05, 0.1) is 17.7 Å². The third-order valence-corrected chi connectivity index (χ3v) is 4.20. The molecule has 1 aromatic heterocycles. The maximum absolute atomic E-state index is 12.3. The first-order valence-electron chi connectivity index (χ1n) is 7.59. The lowest BCUT2D eigenvalue weighted by molar-refractivity contribution is -0.130. The minimum absolute atomic E-state index is 0.176. The van der Waals surface area contributed by atoms with Crippen LogP contribution in [-0.2, 0) is 4.79 Å². The molecular weight excluding hydrogens is 262 g/mol. The van der Waals surface area contributed by atoms with Crippen LogP contribution < -0.4 is 5.32 Å².